The molecule has 25 heavy (non-hydrogen) atoms. The van der Waals surface area contributed by atoms with Crippen molar-refractivity contribution in [2.45, 2.75) is 13.2 Å². The van der Waals surface area contributed by atoms with Crippen molar-refractivity contribution in [2.24, 2.45) is 0 Å². The number of benzene rings is 3. The lowest BCUT2D eigenvalue weighted by molar-refractivity contribution is 0.262. The van der Waals surface area contributed by atoms with E-state index in [-0.39, 0.29) is 30.3 Å². The summed E-state index contributed by atoms with van der Waals surface area (Å²) in [5.74, 6) is -0.686. The summed E-state index contributed by atoms with van der Waals surface area (Å²) in [6.07, 6.45) is 0. The Kier molecular flexibility index (Phi) is 5.28. The molecule has 3 aromatic rings. The molecule has 0 heterocycles. The minimum absolute atomic E-state index is 0.0610. The van der Waals surface area contributed by atoms with E-state index in [1.165, 1.54) is 12.1 Å². The Morgan fingerprint density at radius 3 is 1.88 bits per heavy atom. The van der Waals surface area contributed by atoms with Crippen molar-refractivity contribution in [3.63, 3.8) is 0 Å². The SMILES string of the molecule is N#Cc1ccc(OCc2ccccc2)c(F)c1OCc1ccccc1. The van der Waals surface area contributed by atoms with Crippen LogP contribution in [-0.2, 0) is 13.2 Å². The van der Waals surface area contributed by atoms with Crippen molar-refractivity contribution in [3.8, 4) is 17.6 Å². The van der Waals surface area contributed by atoms with Gasteiger partial charge in [0, 0.05) is 0 Å². The highest BCUT2D eigenvalue weighted by Crippen LogP contribution is 2.31. The summed E-state index contributed by atoms with van der Waals surface area (Å²) in [6.45, 7) is 0.413. The van der Waals surface area contributed by atoms with E-state index >= 15 is 0 Å². The van der Waals surface area contributed by atoms with E-state index in [9.17, 15) is 9.65 Å². The van der Waals surface area contributed by atoms with Crippen LogP contribution in [-0.4, -0.2) is 0 Å². The summed E-state index contributed by atoms with van der Waals surface area (Å²) in [4.78, 5) is 0. The highest BCUT2D eigenvalue weighted by Gasteiger charge is 2.16. The minimum atomic E-state index is -0.661. The maximum atomic E-state index is 14.7. The number of rotatable bonds is 6. The molecule has 0 aliphatic carbocycles. The number of nitrogens with zero attached hydrogens (tertiary/aromatic N) is 1. The van der Waals surface area contributed by atoms with E-state index in [4.69, 9.17) is 9.47 Å². The maximum Gasteiger partial charge on any atom is 0.208 e. The van der Waals surface area contributed by atoms with Gasteiger partial charge in [-0.25, -0.2) is 0 Å². The molecule has 3 nitrogen and oxygen atoms in total. The van der Waals surface area contributed by atoms with Gasteiger partial charge in [0.2, 0.25) is 5.82 Å². The van der Waals surface area contributed by atoms with Crippen molar-refractivity contribution < 1.29 is 13.9 Å². The molecule has 3 aromatic carbocycles. The molecule has 0 aliphatic heterocycles. The first kappa shape index (κ1) is 16.5. The van der Waals surface area contributed by atoms with Crippen LogP contribution in [0.25, 0.3) is 0 Å². The molecule has 0 atom stereocenters. The van der Waals surface area contributed by atoms with Crippen molar-refractivity contribution in [2.75, 3.05) is 0 Å². The molecule has 3 rings (SSSR count). The van der Waals surface area contributed by atoms with Gasteiger partial charge in [-0.3, -0.25) is 0 Å². The second-order valence-corrected chi connectivity index (χ2v) is 5.41. The number of ether oxygens (including phenoxy) is 2. The molecule has 0 fully saturated rings. The van der Waals surface area contributed by atoms with Gasteiger partial charge in [-0.2, -0.15) is 9.65 Å². The van der Waals surface area contributed by atoms with Gasteiger partial charge in [0.1, 0.15) is 19.3 Å². The molecule has 0 unspecified atom stereocenters. The van der Waals surface area contributed by atoms with Crippen LogP contribution >= 0.6 is 0 Å². The highest BCUT2D eigenvalue weighted by molar-refractivity contribution is 5.49. The Bertz CT molecular complexity index is 874. The third-order valence-corrected chi connectivity index (χ3v) is 3.65. The molecule has 0 saturated heterocycles. The zero-order valence-corrected chi connectivity index (χ0v) is 13.5. The summed E-state index contributed by atoms with van der Waals surface area (Å²) in [7, 11) is 0. The monoisotopic (exact) mass is 333 g/mol. The van der Waals surface area contributed by atoms with Crippen LogP contribution in [0.15, 0.2) is 72.8 Å². The lowest BCUT2D eigenvalue weighted by atomic mass is 10.2. The Labute approximate surface area is 145 Å². The Balaban J connectivity index is 1.78. The van der Waals surface area contributed by atoms with Crippen LogP contribution in [0, 0.1) is 17.1 Å². The van der Waals surface area contributed by atoms with Crippen LogP contribution in [0.5, 0.6) is 11.5 Å². The number of hydrogen-bond acceptors (Lipinski definition) is 3. The van der Waals surface area contributed by atoms with E-state index in [2.05, 4.69) is 0 Å². The van der Waals surface area contributed by atoms with Crippen LogP contribution in [0.2, 0.25) is 0 Å². The van der Waals surface area contributed by atoms with Gasteiger partial charge < -0.3 is 9.47 Å². The zero-order chi connectivity index (χ0) is 17.5. The maximum absolute atomic E-state index is 14.7. The standard InChI is InChI=1S/C21H16FNO2/c22-20-19(24-14-16-7-3-1-4-8-16)12-11-18(13-23)21(20)25-15-17-9-5-2-6-10-17/h1-12H,14-15H2. The Morgan fingerprint density at radius 2 is 1.32 bits per heavy atom. The molecule has 0 N–H and O–H groups in total. The van der Waals surface area contributed by atoms with Crippen LogP contribution < -0.4 is 9.47 Å². The van der Waals surface area contributed by atoms with Gasteiger partial charge >= 0.3 is 0 Å². The van der Waals surface area contributed by atoms with Crippen molar-refractivity contribution in [1.82, 2.24) is 0 Å². The molecular weight excluding hydrogens is 317 g/mol. The summed E-state index contributed by atoms with van der Waals surface area (Å²) < 4.78 is 25.8. The molecule has 0 aliphatic rings. The first-order valence-electron chi connectivity index (χ1n) is 7.84. The van der Waals surface area contributed by atoms with Crippen LogP contribution in [0.1, 0.15) is 16.7 Å². The minimum Gasteiger partial charge on any atom is -0.486 e. The summed E-state index contributed by atoms with van der Waals surface area (Å²) in [5, 5.41) is 9.20. The normalized spacial score (nSPS) is 10.1. The number of nitriles is 1. The van der Waals surface area contributed by atoms with Gasteiger partial charge in [0.25, 0.3) is 0 Å². The van der Waals surface area contributed by atoms with Gasteiger partial charge in [-0.15, -0.1) is 0 Å². The second kappa shape index (κ2) is 7.98. The average molecular weight is 333 g/mol. The molecule has 0 bridgehead atoms. The molecule has 0 radical (unpaired) electrons. The molecule has 124 valence electrons. The zero-order valence-electron chi connectivity index (χ0n) is 13.5. The fraction of sp³-hybridized carbons (Fsp3) is 0.0952. The predicted molar refractivity (Wildman–Crippen MR) is 92.7 cm³/mol. The molecule has 0 spiro atoms. The highest BCUT2D eigenvalue weighted by atomic mass is 19.1. The third-order valence-electron chi connectivity index (χ3n) is 3.65. The van der Waals surface area contributed by atoms with Gasteiger partial charge in [-0.1, -0.05) is 60.7 Å². The third kappa shape index (κ3) is 4.15. The average Bonchev–Trinajstić information content (AvgIpc) is 2.67. The number of hydrogen-bond donors (Lipinski definition) is 0. The quantitative estimate of drug-likeness (QED) is 0.647. The van der Waals surface area contributed by atoms with Gasteiger partial charge in [0.15, 0.2) is 11.5 Å². The van der Waals surface area contributed by atoms with Gasteiger partial charge in [-0.05, 0) is 23.3 Å². The lowest BCUT2D eigenvalue weighted by Gasteiger charge is -2.13. The fourth-order valence-electron chi connectivity index (χ4n) is 2.34. The molecule has 0 saturated carbocycles. The largest absolute Gasteiger partial charge is 0.486 e. The predicted octanol–water partition coefficient (Wildman–Crippen LogP) is 4.86. The van der Waals surface area contributed by atoms with Crippen LogP contribution in [0.4, 0.5) is 4.39 Å². The Morgan fingerprint density at radius 1 is 0.760 bits per heavy atom. The van der Waals surface area contributed by atoms with E-state index in [1.54, 1.807) is 0 Å². The molecule has 0 amide bonds. The van der Waals surface area contributed by atoms with Gasteiger partial charge in [0.05, 0.1) is 5.56 Å². The van der Waals surface area contributed by atoms with E-state index in [1.807, 2.05) is 66.7 Å². The summed E-state index contributed by atoms with van der Waals surface area (Å²) in [6, 6.07) is 23.8. The van der Waals surface area contributed by atoms with E-state index < -0.39 is 5.82 Å². The fourth-order valence-corrected chi connectivity index (χ4v) is 2.34. The molecular formula is C21H16FNO2. The molecule has 4 heteroatoms. The smallest absolute Gasteiger partial charge is 0.208 e. The van der Waals surface area contributed by atoms with Crippen molar-refractivity contribution in [3.05, 3.63) is 95.3 Å². The lowest BCUT2D eigenvalue weighted by Crippen LogP contribution is -2.03. The summed E-state index contributed by atoms with van der Waals surface area (Å²) >= 11 is 0. The first-order valence-corrected chi connectivity index (χ1v) is 7.84. The Hall–Kier alpha value is -3.32. The summed E-state index contributed by atoms with van der Waals surface area (Å²) in [5.41, 5.74) is 1.96. The second-order valence-electron chi connectivity index (χ2n) is 5.41. The first-order chi connectivity index (χ1) is 12.3. The van der Waals surface area contributed by atoms with Crippen molar-refractivity contribution >= 4 is 0 Å². The van der Waals surface area contributed by atoms with E-state index in [0.29, 0.717) is 0 Å². The van der Waals surface area contributed by atoms with E-state index in [0.717, 1.165) is 11.1 Å². The number of halogens is 1. The topological polar surface area (TPSA) is 42.2 Å². The van der Waals surface area contributed by atoms with Crippen LogP contribution in [0.3, 0.4) is 0 Å². The molecule has 0 aromatic heterocycles. The van der Waals surface area contributed by atoms with Crippen molar-refractivity contribution in [1.29, 1.82) is 5.26 Å².